The number of hydrogen-bond acceptors (Lipinski definition) is 4. The van der Waals surface area contributed by atoms with Crippen molar-refractivity contribution in [1.82, 2.24) is 4.98 Å². The van der Waals surface area contributed by atoms with Gasteiger partial charge in [-0.05, 0) is 36.0 Å². The maximum atomic E-state index is 9.43. The highest BCUT2D eigenvalue weighted by Crippen LogP contribution is 2.31. The molecule has 4 heteroatoms. The number of hydrogen-bond donors (Lipinski definition) is 0. The molecule has 1 fully saturated rings. The Labute approximate surface area is 144 Å². The topological polar surface area (TPSA) is 53.1 Å². The van der Waals surface area contributed by atoms with Gasteiger partial charge in [-0.25, -0.2) is 0 Å². The number of rotatable bonds is 2. The molecule has 0 amide bonds. The van der Waals surface area contributed by atoms with Crippen LogP contribution in [0.1, 0.15) is 57.7 Å². The molecule has 0 radical (unpaired) electrons. The lowest BCUT2D eigenvalue weighted by molar-refractivity contribution is 0.550. The molecule has 0 N–H and O–H groups in total. The third-order valence-corrected chi connectivity index (χ3v) is 4.61. The van der Waals surface area contributed by atoms with Gasteiger partial charge in [0.05, 0.1) is 0 Å². The van der Waals surface area contributed by atoms with Crippen molar-refractivity contribution < 1.29 is 4.42 Å². The molecule has 126 valence electrons. The average Bonchev–Trinajstić information content (AvgIpc) is 2.81. The van der Waals surface area contributed by atoms with Gasteiger partial charge in [0.2, 0.25) is 17.5 Å². The van der Waals surface area contributed by atoms with Crippen LogP contribution in [0.4, 0.5) is 5.88 Å². The van der Waals surface area contributed by atoms with Gasteiger partial charge in [-0.3, -0.25) is 0 Å². The van der Waals surface area contributed by atoms with Crippen LogP contribution in [0.5, 0.6) is 0 Å². The van der Waals surface area contributed by atoms with Crippen molar-refractivity contribution in [2.75, 3.05) is 18.0 Å². The molecule has 1 aromatic carbocycles. The number of oxazole rings is 1. The van der Waals surface area contributed by atoms with Crippen molar-refractivity contribution in [2.24, 2.45) is 0 Å². The van der Waals surface area contributed by atoms with Gasteiger partial charge in [0, 0.05) is 18.7 Å². The number of nitrogens with zero attached hydrogens (tertiary/aromatic N) is 3. The molecule has 0 saturated carbocycles. The summed E-state index contributed by atoms with van der Waals surface area (Å²) in [6.45, 7) is 8.45. The second kappa shape index (κ2) is 6.68. The van der Waals surface area contributed by atoms with Crippen LogP contribution in [0.25, 0.3) is 11.5 Å². The molecule has 4 nitrogen and oxygen atoms in total. The van der Waals surface area contributed by atoms with E-state index < -0.39 is 0 Å². The molecule has 2 aromatic rings. The van der Waals surface area contributed by atoms with Crippen LogP contribution in [-0.4, -0.2) is 18.1 Å². The summed E-state index contributed by atoms with van der Waals surface area (Å²) in [5.74, 6) is 1.17. The molecule has 1 aromatic heterocycles. The van der Waals surface area contributed by atoms with Gasteiger partial charge in [-0.2, -0.15) is 10.2 Å². The SMILES string of the molecule is CC(C)(C)c1ccc(-c2nc(C#N)c(N3CCCCCC3)o2)cc1. The normalized spacial score (nSPS) is 15.8. The van der Waals surface area contributed by atoms with Gasteiger partial charge in [0.1, 0.15) is 6.07 Å². The predicted molar refractivity (Wildman–Crippen MR) is 96.0 cm³/mol. The van der Waals surface area contributed by atoms with E-state index in [-0.39, 0.29) is 5.41 Å². The molecule has 0 spiro atoms. The number of anilines is 1. The molecule has 0 unspecified atom stereocenters. The van der Waals surface area contributed by atoms with E-state index in [9.17, 15) is 5.26 Å². The molecular weight excluding hydrogens is 298 g/mol. The molecule has 24 heavy (non-hydrogen) atoms. The minimum Gasteiger partial charge on any atom is -0.419 e. The first kappa shape index (κ1) is 16.6. The Hall–Kier alpha value is -2.28. The average molecular weight is 323 g/mol. The lowest BCUT2D eigenvalue weighted by Gasteiger charge is -2.19. The lowest BCUT2D eigenvalue weighted by Crippen LogP contribution is -2.24. The first-order valence-electron chi connectivity index (χ1n) is 8.76. The summed E-state index contributed by atoms with van der Waals surface area (Å²) in [6, 6.07) is 10.5. The van der Waals surface area contributed by atoms with E-state index in [4.69, 9.17) is 4.42 Å². The summed E-state index contributed by atoms with van der Waals surface area (Å²) in [7, 11) is 0. The Balaban J connectivity index is 1.91. The van der Waals surface area contributed by atoms with Gasteiger partial charge < -0.3 is 9.32 Å². The largest absolute Gasteiger partial charge is 0.419 e. The second-order valence-electron chi connectivity index (χ2n) is 7.51. The van der Waals surface area contributed by atoms with E-state index in [0.29, 0.717) is 17.5 Å². The standard InChI is InChI=1S/C20H25N3O/c1-20(2,3)16-10-8-15(9-11-16)18-22-17(14-21)19(24-18)23-12-6-4-5-7-13-23/h8-11H,4-7,12-13H2,1-3H3. The highest BCUT2D eigenvalue weighted by Gasteiger charge is 2.21. The van der Waals surface area contributed by atoms with E-state index in [1.54, 1.807) is 0 Å². The zero-order chi connectivity index (χ0) is 17.2. The summed E-state index contributed by atoms with van der Waals surface area (Å²) in [5.41, 5.74) is 2.70. The molecule has 0 bridgehead atoms. The first-order chi connectivity index (χ1) is 11.5. The highest BCUT2D eigenvalue weighted by atomic mass is 16.4. The number of benzene rings is 1. The van der Waals surface area contributed by atoms with Crippen LogP contribution in [0.2, 0.25) is 0 Å². The van der Waals surface area contributed by atoms with Gasteiger partial charge in [-0.15, -0.1) is 0 Å². The van der Waals surface area contributed by atoms with E-state index >= 15 is 0 Å². The monoisotopic (exact) mass is 323 g/mol. The van der Waals surface area contributed by atoms with Gasteiger partial charge in [-0.1, -0.05) is 45.7 Å². The summed E-state index contributed by atoms with van der Waals surface area (Å²) in [6.07, 6.45) is 4.77. The summed E-state index contributed by atoms with van der Waals surface area (Å²) in [5, 5.41) is 9.43. The van der Waals surface area contributed by atoms with Crippen LogP contribution in [0.3, 0.4) is 0 Å². The van der Waals surface area contributed by atoms with E-state index in [1.807, 2.05) is 12.1 Å². The van der Waals surface area contributed by atoms with Crippen molar-refractivity contribution in [3.8, 4) is 17.5 Å². The number of nitriles is 1. The Morgan fingerprint density at radius 3 is 2.21 bits per heavy atom. The Morgan fingerprint density at radius 2 is 1.67 bits per heavy atom. The molecule has 0 atom stereocenters. The lowest BCUT2D eigenvalue weighted by atomic mass is 9.87. The third-order valence-electron chi connectivity index (χ3n) is 4.61. The molecule has 2 heterocycles. The van der Waals surface area contributed by atoms with Crippen LogP contribution in [0, 0.1) is 11.3 Å². The molecule has 1 aliphatic rings. The minimum absolute atomic E-state index is 0.115. The molecular formula is C20H25N3O. The zero-order valence-corrected chi connectivity index (χ0v) is 14.8. The van der Waals surface area contributed by atoms with Crippen LogP contribution < -0.4 is 4.90 Å². The fourth-order valence-corrected chi connectivity index (χ4v) is 3.11. The number of aromatic nitrogens is 1. The van der Waals surface area contributed by atoms with Crippen molar-refractivity contribution in [3.05, 3.63) is 35.5 Å². The maximum Gasteiger partial charge on any atom is 0.235 e. The fraction of sp³-hybridized carbons (Fsp3) is 0.500. The quantitative estimate of drug-likeness (QED) is 0.789. The molecule has 1 aliphatic heterocycles. The van der Waals surface area contributed by atoms with Crippen molar-refractivity contribution in [2.45, 2.75) is 51.9 Å². The minimum atomic E-state index is 0.115. The van der Waals surface area contributed by atoms with Crippen molar-refractivity contribution in [1.29, 1.82) is 5.26 Å². The maximum absolute atomic E-state index is 9.43. The Morgan fingerprint density at radius 1 is 1.04 bits per heavy atom. The van der Waals surface area contributed by atoms with E-state index in [0.717, 1.165) is 31.5 Å². The first-order valence-corrected chi connectivity index (χ1v) is 8.76. The highest BCUT2D eigenvalue weighted by molar-refractivity contribution is 5.60. The van der Waals surface area contributed by atoms with Crippen LogP contribution in [-0.2, 0) is 5.41 Å². The van der Waals surface area contributed by atoms with Crippen LogP contribution in [0.15, 0.2) is 28.7 Å². The predicted octanol–water partition coefficient (Wildman–Crippen LogP) is 4.89. The van der Waals surface area contributed by atoms with Crippen molar-refractivity contribution >= 4 is 5.88 Å². The molecule has 0 aliphatic carbocycles. The fourth-order valence-electron chi connectivity index (χ4n) is 3.11. The van der Waals surface area contributed by atoms with E-state index in [2.05, 4.69) is 48.9 Å². The van der Waals surface area contributed by atoms with Gasteiger partial charge >= 0.3 is 0 Å². The van der Waals surface area contributed by atoms with Crippen LogP contribution >= 0.6 is 0 Å². The van der Waals surface area contributed by atoms with Gasteiger partial charge in [0.25, 0.3) is 0 Å². The zero-order valence-electron chi connectivity index (χ0n) is 14.8. The van der Waals surface area contributed by atoms with Gasteiger partial charge in [0.15, 0.2) is 0 Å². The summed E-state index contributed by atoms with van der Waals surface area (Å²) in [4.78, 5) is 6.60. The molecule has 1 saturated heterocycles. The smallest absolute Gasteiger partial charge is 0.235 e. The molecule has 3 rings (SSSR count). The Kier molecular flexibility index (Phi) is 4.62. The van der Waals surface area contributed by atoms with E-state index in [1.165, 1.54) is 18.4 Å². The van der Waals surface area contributed by atoms with Crippen molar-refractivity contribution in [3.63, 3.8) is 0 Å². The third kappa shape index (κ3) is 3.46. The summed E-state index contributed by atoms with van der Waals surface area (Å²) >= 11 is 0. The second-order valence-corrected chi connectivity index (χ2v) is 7.51. The summed E-state index contributed by atoms with van der Waals surface area (Å²) < 4.78 is 6.00. The Bertz CT molecular complexity index is 724.